The Bertz CT molecular complexity index is 464. The summed E-state index contributed by atoms with van der Waals surface area (Å²) in [6, 6.07) is 7.29. The number of rotatable bonds is 6. The van der Waals surface area contributed by atoms with E-state index < -0.39 is 10.0 Å². The van der Waals surface area contributed by atoms with Gasteiger partial charge in [-0.25, -0.2) is 13.1 Å². The van der Waals surface area contributed by atoms with Gasteiger partial charge in [0.1, 0.15) is 0 Å². The van der Waals surface area contributed by atoms with Gasteiger partial charge in [-0.05, 0) is 25.0 Å². The molecule has 17 heavy (non-hydrogen) atoms. The number of halogens is 2. The Hall–Kier alpha value is -0.100. The zero-order valence-electron chi connectivity index (χ0n) is 9.49. The van der Waals surface area contributed by atoms with Crippen molar-refractivity contribution in [3.63, 3.8) is 0 Å². The molecule has 1 N–H and O–H groups in total. The van der Waals surface area contributed by atoms with Crippen molar-refractivity contribution in [2.75, 3.05) is 11.6 Å². The summed E-state index contributed by atoms with van der Waals surface area (Å²) in [5, 5.41) is 0. The molecule has 1 aromatic rings. The fraction of sp³-hybridized carbons (Fsp3) is 0.455. The number of hydrogen-bond donors (Lipinski definition) is 1. The summed E-state index contributed by atoms with van der Waals surface area (Å²) < 4.78 is 26.9. The molecule has 0 aliphatic rings. The van der Waals surface area contributed by atoms with Gasteiger partial charge in [0.05, 0.1) is 5.75 Å². The second-order valence-electron chi connectivity index (χ2n) is 3.72. The van der Waals surface area contributed by atoms with Gasteiger partial charge in [-0.3, -0.25) is 0 Å². The highest BCUT2D eigenvalue weighted by Crippen LogP contribution is 2.23. The third-order valence-corrected chi connectivity index (χ3v) is 4.80. The van der Waals surface area contributed by atoms with E-state index in [1.165, 1.54) is 0 Å². The summed E-state index contributed by atoms with van der Waals surface area (Å²) in [6.45, 7) is 1.82. The van der Waals surface area contributed by atoms with E-state index in [-0.39, 0.29) is 11.8 Å². The van der Waals surface area contributed by atoms with Crippen LogP contribution in [0.3, 0.4) is 0 Å². The van der Waals surface area contributed by atoms with E-state index in [1.54, 1.807) is 0 Å². The topological polar surface area (TPSA) is 46.2 Å². The minimum Gasteiger partial charge on any atom is -0.212 e. The van der Waals surface area contributed by atoms with Crippen LogP contribution in [0.4, 0.5) is 0 Å². The zero-order chi connectivity index (χ0) is 12.9. The van der Waals surface area contributed by atoms with Gasteiger partial charge < -0.3 is 0 Å². The maximum Gasteiger partial charge on any atom is 0.212 e. The lowest BCUT2D eigenvalue weighted by Crippen LogP contribution is -2.29. The van der Waals surface area contributed by atoms with Crippen LogP contribution >= 0.6 is 27.5 Å². The van der Waals surface area contributed by atoms with Crippen LogP contribution in [0, 0.1) is 0 Å². The van der Waals surface area contributed by atoms with Crippen molar-refractivity contribution in [2.45, 2.75) is 19.4 Å². The summed E-state index contributed by atoms with van der Waals surface area (Å²) in [5.74, 6) is 0.412. The minimum atomic E-state index is -3.26. The predicted octanol–water partition coefficient (Wildman–Crippen LogP) is 3.06. The number of nitrogens with one attached hydrogen (secondary N) is 1. The monoisotopic (exact) mass is 339 g/mol. The molecule has 6 heteroatoms. The molecule has 0 saturated heterocycles. The molecule has 0 spiro atoms. The van der Waals surface area contributed by atoms with Gasteiger partial charge in [0.15, 0.2) is 0 Å². The van der Waals surface area contributed by atoms with Gasteiger partial charge in [-0.15, -0.1) is 11.6 Å². The van der Waals surface area contributed by atoms with Crippen LogP contribution in [0.1, 0.15) is 24.9 Å². The van der Waals surface area contributed by atoms with Crippen molar-refractivity contribution in [1.29, 1.82) is 0 Å². The normalized spacial score (nSPS) is 13.6. The van der Waals surface area contributed by atoms with Crippen LogP contribution in [0.25, 0.3) is 0 Å². The molecule has 96 valence electrons. The second-order valence-corrected chi connectivity index (χ2v) is 6.83. The van der Waals surface area contributed by atoms with Gasteiger partial charge in [0, 0.05) is 16.4 Å². The summed E-state index contributed by atoms with van der Waals surface area (Å²) in [7, 11) is -3.26. The Balaban J connectivity index is 2.73. The van der Waals surface area contributed by atoms with Crippen molar-refractivity contribution in [1.82, 2.24) is 4.72 Å². The molecule has 0 amide bonds. The number of alkyl halides is 1. The first kappa shape index (κ1) is 15.0. The maximum absolute atomic E-state index is 11.7. The quantitative estimate of drug-likeness (QED) is 0.809. The Morgan fingerprint density at radius 1 is 1.41 bits per heavy atom. The van der Waals surface area contributed by atoms with Crippen molar-refractivity contribution < 1.29 is 8.42 Å². The van der Waals surface area contributed by atoms with E-state index in [0.717, 1.165) is 10.0 Å². The largest absolute Gasteiger partial charge is 0.212 e. The molecule has 0 aliphatic carbocycles. The Morgan fingerprint density at radius 3 is 2.65 bits per heavy atom. The molecule has 1 atom stereocenters. The highest BCUT2D eigenvalue weighted by molar-refractivity contribution is 9.10. The lowest BCUT2D eigenvalue weighted by Gasteiger charge is -2.15. The van der Waals surface area contributed by atoms with E-state index in [9.17, 15) is 8.42 Å². The van der Waals surface area contributed by atoms with Crippen molar-refractivity contribution in [3.05, 3.63) is 34.3 Å². The van der Waals surface area contributed by atoms with Crippen LogP contribution < -0.4 is 4.72 Å². The molecule has 0 bridgehead atoms. The summed E-state index contributed by atoms with van der Waals surface area (Å²) in [6.07, 6.45) is 0.458. The molecular formula is C11H15BrClNO2S. The molecular weight excluding hydrogens is 326 g/mol. The molecule has 1 rings (SSSR count). The molecule has 0 aliphatic heterocycles. The first-order chi connectivity index (χ1) is 7.96. The average Bonchev–Trinajstić information content (AvgIpc) is 2.26. The van der Waals surface area contributed by atoms with Crippen molar-refractivity contribution in [3.8, 4) is 0 Å². The fourth-order valence-corrected chi connectivity index (χ4v) is 3.69. The van der Waals surface area contributed by atoms with E-state index in [2.05, 4.69) is 20.7 Å². The molecule has 3 nitrogen and oxygen atoms in total. The average molecular weight is 341 g/mol. The van der Waals surface area contributed by atoms with Crippen molar-refractivity contribution >= 4 is 37.6 Å². The summed E-state index contributed by atoms with van der Waals surface area (Å²) in [5.41, 5.74) is 0.918. The highest BCUT2D eigenvalue weighted by atomic mass is 79.9. The van der Waals surface area contributed by atoms with Gasteiger partial charge in [0.2, 0.25) is 10.0 Å². The molecule has 0 radical (unpaired) electrons. The highest BCUT2D eigenvalue weighted by Gasteiger charge is 2.16. The first-order valence-electron chi connectivity index (χ1n) is 5.26. The van der Waals surface area contributed by atoms with Crippen LogP contribution in [0.15, 0.2) is 28.7 Å². The maximum atomic E-state index is 11.7. The molecule has 1 aromatic carbocycles. The van der Waals surface area contributed by atoms with E-state index in [4.69, 9.17) is 11.6 Å². The Morgan fingerprint density at radius 2 is 2.06 bits per heavy atom. The van der Waals surface area contributed by atoms with Gasteiger partial charge in [0.25, 0.3) is 0 Å². The Kier molecular flexibility index (Phi) is 5.92. The smallest absolute Gasteiger partial charge is 0.212 e. The number of benzene rings is 1. The fourth-order valence-electron chi connectivity index (χ4n) is 1.46. The van der Waals surface area contributed by atoms with Gasteiger partial charge in [-0.2, -0.15) is 0 Å². The first-order valence-corrected chi connectivity index (χ1v) is 8.24. The standard InChI is InChI=1S/C11H15BrClNO2S/c1-9(10-5-2-3-6-11(10)12)14-17(15,16)8-4-7-13/h2-3,5-6,9,14H,4,7-8H2,1H3/t9-/m0/s1. The van der Waals surface area contributed by atoms with Gasteiger partial charge >= 0.3 is 0 Å². The SMILES string of the molecule is C[C@H](NS(=O)(=O)CCCCl)c1ccccc1Br. The van der Waals surface area contributed by atoms with E-state index in [1.807, 2.05) is 31.2 Å². The Labute approximate surface area is 116 Å². The molecule has 0 saturated carbocycles. The summed E-state index contributed by atoms with van der Waals surface area (Å²) >= 11 is 8.89. The zero-order valence-corrected chi connectivity index (χ0v) is 12.6. The van der Waals surface area contributed by atoms with Gasteiger partial charge in [-0.1, -0.05) is 34.1 Å². The van der Waals surface area contributed by atoms with Crippen LogP contribution in [-0.4, -0.2) is 20.1 Å². The van der Waals surface area contributed by atoms with E-state index in [0.29, 0.717) is 12.3 Å². The van der Waals surface area contributed by atoms with Crippen molar-refractivity contribution in [2.24, 2.45) is 0 Å². The van der Waals surface area contributed by atoms with E-state index >= 15 is 0 Å². The van der Waals surface area contributed by atoms with Crippen LogP contribution in [0.2, 0.25) is 0 Å². The summed E-state index contributed by atoms with van der Waals surface area (Å²) in [4.78, 5) is 0. The molecule has 0 aromatic heterocycles. The second kappa shape index (κ2) is 6.73. The lowest BCUT2D eigenvalue weighted by molar-refractivity contribution is 0.565. The molecule has 0 heterocycles. The minimum absolute atomic E-state index is 0.0608. The molecule has 0 fully saturated rings. The van der Waals surface area contributed by atoms with Crippen LogP contribution in [-0.2, 0) is 10.0 Å². The third-order valence-electron chi connectivity index (χ3n) is 2.27. The predicted molar refractivity (Wildman–Crippen MR) is 74.8 cm³/mol. The number of hydrogen-bond acceptors (Lipinski definition) is 2. The number of sulfonamides is 1. The lowest BCUT2D eigenvalue weighted by atomic mass is 10.1. The third kappa shape index (κ3) is 4.95. The molecule has 0 unspecified atom stereocenters. The van der Waals surface area contributed by atoms with Crippen LogP contribution in [0.5, 0.6) is 0 Å².